The smallest absolute Gasteiger partial charge is 0.181 e. The zero-order valence-electron chi connectivity index (χ0n) is 10.7. The summed E-state index contributed by atoms with van der Waals surface area (Å²) in [6, 6.07) is 16.7. The van der Waals surface area contributed by atoms with Crippen LogP contribution in [0.2, 0.25) is 0 Å². The van der Waals surface area contributed by atoms with Crippen LogP contribution in [0.4, 0.5) is 5.69 Å². The first-order valence-corrected chi connectivity index (χ1v) is 6.03. The maximum atomic E-state index is 12.0. The second-order valence-electron chi connectivity index (χ2n) is 4.30. The molecule has 1 N–H and O–H groups in total. The van der Waals surface area contributed by atoms with Crippen molar-refractivity contribution in [1.29, 1.82) is 5.26 Å². The van der Waals surface area contributed by atoms with E-state index in [0.717, 1.165) is 5.56 Å². The normalized spacial score (nSPS) is 9.68. The summed E-state index contributed by atoms with van der Waals surface area (Å²) < 4.78 is 0. The van der Waals surface area contributed by atoms with E-state index in [1.807, 2.05) is 37.3 Å². The number of benzene rings is 2. The number of Topliss-reactive ketones (excluding diaryl/α,β-unsaturated/α-hetero) is 1. The Balaban J connectivity index is 2.05. The predicted molar refractivity (Wildman–Crippen MR) is 75.2 cm³/mol. The lowest BCUT2D eigenvalue weighted by atomic mass is 10.1. The average Bonchev–Trinajstić information content (AvgIpc) is 2.45. The van der Waals surface area contributed by atoms with Crippen LogP contribution in [0.15, 0.2) is 48.5 Å². The highest BCUT2D eigenvalue weighted by Gasteiger charge is 2.06. The van der Waals surface area contributed by atoms with Gasteiger partial charge in [-0.1, -0.05) is 42.0 Å². The summed E-state index contributed by atoms with van der Waals surface area (Å²) in [5.41, 5.74) is 3.02. The molecular formula is C16H14N2O. The fourth-order valence-corrected chi connectivity index (χ4v) is 1.75. The van der Waals surface area contributed by atoms with Gasteiger partial charge in [-0.05, 0) is 19.1 Å². The van der Waals surface area contributed by atoms with E-state index in [0.29, 0.717) is 16.8 Å². The van der Waals surface area contributed by atoms with Crippen LogP contribution in [0.3, 0.4) is 0 Å². The number of para-hydroxylation sites is 1. The molecule has 3 heteroatoms. The van der Waals surface area contributed by atoms with Crippen molar-refractivity contribution >= 4 is 11.5 Å². The maximum Gasteiger partial charge on any atom is 0.181 e. The number of nitrogens with zero attached hydrogens (tertiary/aromatic N) is 1. The Kier molecular flexibility index (Phi) is 3.94. The number of hydrogen-bond donors (Lipinski definition) is 1. The summed E-state index contributed by atoms with van der Waals surface area (Å²) >= 11 is 0. The molecule has 3 nitrogen and oxygen atoms in total. The van der Waals surface area contributed by atoms with Gasteiger partial charge in [0, 0.05) is 5.56 Å². The number of nitriles is 1. The fraction of sp³-hybridized carbons (Fsp3) is 0.125. The Morgan fingerprint density at radius 3 is 2.53 bits per heavy atom. The van der Waals surface area contributed by atoms with Crippen LogP contribution in [0, 0.1) is 18.3 Å². The van der Waals surface area contributed by atoms with Crippen LogP contribution < -0.4 is 5.32 Å². The zero-order valence-corrected chi connectivity index (χ0v) is 10.7. The number of rotatable bonds is 4. The summed E-state index contributed by atoms with van der Waals surface area (Å²) in [4.78, 5) is 12.0. The number of nitrogens with one attached hydrogen (secondary N) is 1. The minimum Gasteiger partial charge on any atom is -0.377 e. The molecule has 0 fully saturated rings. The van der Waals surface area contributed by atoms with Crippen LogP contribution in [-0.4, -0.2) is 12.3 Å². The SMILES string of the molecule is Cc1ccc(C(=O)CNc2ccccc2C#N)cc1. The second-order valence-corrected chi connectivity index (χ2v) is 4.30. The summed E-state index contributed by atoms with van der Waals surface area (Å²) in [5, 5.41) is 12.0. The third kappa shape index (κ3) is 3.20. The molecule has 2 aromatic carbocycles. The molecule has 0 aromatic heterocycles. The summed E-state index contributed by atoms with van der Waals surface area (Å²) in [6.07, 6.45) is 0. The summed E-state index contributed by atoms with van der Waals surface area (Å²) in [6.45, 7) is 2.16. The first-order chi connectivity index (χ1) is 9.20. The third-order valence-corrected chi connectivity index (χ3v) is 2.86. The molecule has 0 amide bonds. The molecule has 0 atom stereocenters. The van der Waals surface area contributed by atoms with Gasteiger partial charge in [0.05, 0.1) is 17.8 Å². The van der Waals surface area contributed by atoms with Crippen LogP contribution >= 0.6 is 0 Å². The van der Waals surface area contributed by atoms with Crippen LogP contribution in [0.1, 0.15) is 21.5 Å². The molecular weight excluding hydrogens is 236 g/mol. The van der Waals surface area contributed by atoms with Gasteiger partial charge in [-0.25, -0.2) is 0 Å². The van der Waals surface area contributed by atoms with E-state index in [2.05, 4.69) is 11.4 Å². The molecule has 0 bridgehead atoms. The van der Waals surface area contributed by atoms with Crippen molar-refractivity contribution in [2.24, 2.45) is 0 Å². The predicted octanol–water partition coefficient (Wildman–Crippen LogP) is 3.16. The lowest BCUT2D eigenvalue weighted by Crippen LogP contribution is -2.14. The minimum atomic E-state index is 0.00717. The number of hydrogen-bond acceptors (Lipinski definition) is 3. The molecule has 2 rings (SSSR count). The van der Waals surface area contributed by atoms with Gasteiger partial charge in [-0.15, -0.1) is 0 Å². The van der Waals surface area contributed by atoms with Crippen molar-refractivity contribution in [3.63, 3.8) is 0 Å². The molecule has 0 aliphatic rings. The highest BCUT2D eigenvalue weighted by molar-refractivity contribution is 5.99. The van der Waals surface area contributed by atoms with Gasteiger partial charge >= 0.3 is 0 Å². The van der Waals surface area contributed by atoms with Gasteiger partial charge in [0.1, 0.15) is 6.07 Å². The Hall–Kier alpha value is -2.60. The third-order valence-electron chi connectivity index (χ3n) is 2.86. The van der Waals surface area contributed by atoms with E-state index < -0.39 is 0 Å². The molecule has 2 aromatic rings. The maximum absolute atomic E-state index is 12.0. The van der Waals surface area contributed by atoms with E-state index in [1.165, 1.54) is 0 Å². The first kappa shape index (κ1) is 12.8. The monoisotopic (exact) mass is 250 g/mol. The fourth-order valence-electron chi connectivity index (χ4n) is 1.75. The van der Waals surface area contributed by atoms with Crippen molar-refractivity contribution in [1.82, 2.24) is 0 Å². The average molecular weight is 250 g/mol. The van der Waals surface area contributed by atoms with E-state index >= 15 is 0 Å². The highest BCUT2D eigenvalue weighted by atomic mass is 16.1. The number of anilines is 1. The van der Waals surface area contributed by atoms with E-state index in [4.69, 9.17) is 5.26 Å². The molecule has 0 spiro atoms. The topological polar surface area (TPSA) is 52.9 Å². The Labute approximate surface area is 112 Å². The van der Waals surface area contributed by atoms with Crippen molar-refractivity contribution in [3.05, 3.63) is 65.2 Å². The molecule has 0 radical (unpaired) electrons. The molecule has 94 valence electrons. The molecule has 0 aliphatic heterocycles. The summed E-state index contributed by atoms with van der Waals surface area (Å²) in [5.74, 6) is 0.00717. The Morgan fingerprint density at radius 2 is 1.84 bits per heavy atom. The lowest BCUT2D eigenvalue weighted by Gasteiger charge is -2.07. The van der Waals surface area contributed by atoms with Crippen molar-refractivity contribution < 1.29 is 4.79 Å². The molecule has 0 unspecified atom stereocenters. The van der Waals surface area contributed by atoms with E-state index in [9.17, 15) is 4.79 Å². The van der Waals surface area contributed by atoms with Gasteiger partial charge in [0.15, 0.2) is 5.78 Å². The van der Waals surface area contributed by atoms with Gasteiger partial charge in [0.2, 0.25) is 0 Å². The van der Waals surface area contributed by atoms with Gasteiger partial charge in [-0.3, -0.25) is 4.79 Å². The summed E-state index contributed by atoms with van der Waals surface area (Å²) in [7, 11) is 0. The Morgan fingerprint density at radius 1 is 1.16 bits per heavy atom. The van der Waals surface area contributed by atoms with E-state index in [1.54, 1.807) is 18.2 Å². The molecule has 0 heterocycles. The second kappa shape index (κ2) is 5.83. The van der Waals surface area contributed by atoms with E-state index in [-0.39, 0.29) is 12.3 Å². The largest absolute Gasteiger partial charge is 0.377 e. The molecule has 19 heavy (non-hydrogen) atoms. The van der Waals surface area contributed by atoms with Crippen molar-refractivity contribution in [2.75, 3.05) is 11.9 Å². The minimum absolute atomic E-state index is 0.00717. The van der Waals surface area contributed by atoms with Gasteiger partial charge < -0.3 is 5.32 Å². The number of ketones is 1. The number of aryl methyl sites for hydroxylation is 1. The standard InChI is InChI=1S/C16H14N2O/c1-12-6-8-13(9-7-12)16(19)11-18-15-5-3-2-4-14(15)10-17/h2-9,18H,11H2,1H3. The quantitative estimate of drug-likeness (QED) is 0.848. The Bertz CT molecular complexity index is 624. The van der Waals surface area contributed by atoms with Crippen LogP contribution in [0.5, 0.6) is 0 Å². The molecule has 0 aliphatic carbocycles. The van der Waals surface area contributed by atoms with Crippen LogP contribution in [-0.2, 0) is 0 Å². The number of carbonyl (C=O) groups is 1. The molecule has 0 saturated heterocycles. The first-order valence-electron chi connectivity index (χ1n) is 6.03. The van der Waals surface area contributed by atoms with Gasteiger partial charge in [0.25, 0.3) is 0 Å². The van der Waals surface area contributed by atoms with Crippen molar-refractivity contribution in [3.8, 4) is 6.07 Å². The highest BCUT2D eigenvalue weighted by Crippen LogP contribution is 2.13. The lowest BCUT2D eigenvalue weighted by molar-refractivity contribution is 0.101. The molecule has 0 saturated carbocycles. The zero-order chi connectivity index (χ0) is 13.7. The number of carbonyl (C=O) groups excluding carboxylic acids is 1. The van der Waals surface area contributed by atoms with Gasteiger partial charge in [-0.2, -0.15) is 5.26 Å². The van der Waals surface area contributed by atoms with Crippen LogP contribution in [0.25, 0.3) is 0 Å². The van der Waals surface area contributed by atoms with Crippen molar-refractivity contribution in [2.45, 2.75) is 6.92 Å².